The minimum Gasteiger partial charge on any atom is -0.369 e. The number of aromatic nitrogens is 2. The summed E-state index contributed by atoms with van der Waals surface area (Å²) in [5.41, 5.74) is 0. The zero-order valence-corrected chi connectivity index (χ0v) is 7.65. The van der Waals surface area contributed by atoms with Crippen molar-refractivity contribution in [2.24, 2.45) is 4.99 Å². The Kier molecular flexibility index (Phi) is 2.99. The van der Waals surface area contributed by atoms with E-state index < -0.39 is 0 Å². The molecule has 64 valence electrons. The lowest BCUT2D eigenvalue weighted by molar-refractivity contribution is 0.643. The third kappa shape index (κ3) is 2.84. The molecular weight excluding hydrogens is 176 g/mol. The van der Waals surface area contributed by atoms with E-state index in [1.165, 1.54) is 6.33 Å². The summed E-state index contributed by atoms with van der Waals surface area (Å²) in [6.45, 7) is 0. The molecule has 0 unspecified atom stereocenters. The van der Waals surface area contributed by atoms with Gasteiger partial charge in [-0.25, -0.2) is 15.0 Å². The number of hydrogen-bond donors (Lipinski definition) is 0. The molecule has 0 aliphatic rings. The molecule has 0 fully saturated rings. The first-order valence-electron chi connectivity index (χ1n) is 3.36. The van der Waals surface area contributed by atoms with Gasteiger partial charge in [-0.3, -0.25) is 0 Å². The van der Waals surface area contributed by atoms with Crippen LogP contribution in [0.2, 0.25) is 5.15 Å². The van der Waals surface area contributed by atoms with E-state index in [-0.39, 0.29) is 0 Å². The van der Waals surface area contributed by atoms with Gasteiger partial charge in [-0.05, 0) is 0 Å². The molecule has 0 N–H and O–H groups in total. The molecule has 1 heterocycles. The largest absolute Gasteiger partial charge is 0.369 e. The van der Waals surface area contributed by atoms with Crippen molar-refractivity contribution in [2.45, 2.75) is 0 Å². The Balaban J connectivity index is 2.76. The first-order valence-corrected chi connectivity index (χ1v) is 3.74. The number of hydrogen-bond acceptors (Lipinski definition) is 3. The van der Waals surface area contributed by atoms with Gasteiger partial charge in [0.15, 0.2) is 5.82 Å². The predicted octanol–water partition coefficient (Wildman–Crippen LogP) is 1.35. The fourth-order valence-electron chi connectivity index (χ4n) is 0.569. The lowest BCUT2D eigenvalue weighted by Crippen LogP contribution is -2.07. The standard InChI is InChI=1S/C7H9ClN4/c1-12(2)5-11-7-3-6(8)9-4-10-7/h3-5H,1-2H3/b11-5+. The number of rotatable bonds is 2. The summed E-state index contributed by atoms with van der Waals surface area (Å²) in [6.07, 6.45) is 3.03. The molecule has 0 bridgehead atoms. The summed E-state index contributed by atoms with van der Waals surface area (Å²) < 4.78 is 0. The van der Waals surface area contributed by atoms with Crippen molar-refractivity contribution < 1.29 is 0 Å². The predicted molar refractivity (Wildman–Crippen MR) is 48.9 cm³/mol. The second kappa shape index (κ2) is 4.01. The van der Waals surface area contributed by atoms with Crippen molar-refractivity contribution in [1.82, 2.24) is 14.9 Å². The van der Waals surface area contributed by atoms with Crippen molar-refractivity contribution in [3.63, 3.8) is 0 Å². The van der Waals surface area contributed by atoms with Crippen LogP contribution in [0.15, 0.2) is 17.4 Å². The second-order valence-corrected chi connectivity index (χ2v) is 2.79. The molecule has 0 aliphatic carbocycles. The fourth-order valence-corrected chi connectivity index (χ4v) is 0.711. The van der Waals surface area contributed by atoms with E-state index in [4.69, 9.17) is 11.6 Å². The van der Waals surface area contributed by atoms with Gasteiger partial charge in [0, 0.05) is 20.2 Å². The fraction of sp³-hybridized carbons (Fsp3) is 0.286. The quantitative estimate of drug-likeness (QED) is 0.396. The second-order valence-electron chi connectivity index (χ2n) is 2.41. The van der Waals surface area contributed by atoms with Crippen LogP contribution >= 0.6 is 11.6 Å². The highest BCUT2D eigenvalue weighted by Gasteiger charge is 1.91. The van der Waals surface area contributed by atoms with Gasteiger partial charge in [-0.2, -0.15) is 0 Å². The van der Waals surface area contributed by atoms with Crippen molar-refractivity contribution in [2.75, 3.05) is 14.1 Å². The maximum atomic E-state index is 5.62. The third-order valence-corrected chi connectivity index (χ3v) is 1.25. The summed E-state index contributed by atoms with van der Waals surface area (Å²) >= 11 is 5.62. The Morgan fingerprint density at radius 3 is 2.83 bits per heavy atom. The number of halogens is 1. The van der Waals surface area contributed by atoms with Crippen molar-refractivity contribution in [1.29, 1.82) is 0 Å². The first kappa shape index (κ1) is 8.93. The molecule has 0 aliphatic heterocycles. The van der Waals surface area contributed by atoms with Crippen molar-refractivity contribution >= 4 is 23.8 Å². The molecule has 0 saturated carbocycles. The lowest BCUT2D eigenvalue weighted by Gasteiger charge is -2.01. The molecule has 12 heavy (non-hydrogen) atoms. The average molecular weight is 185 g/mol. The van der Waals surface area contributed by atoms with Gasteiger partial charge in [0.2, 0.25) is 0 Å². The van der Waals surface area contributed by atoms with Crippen LogP contribution in [0, 0.1) is 0 Å². The highest BCUT2D eigenvalue weighted by Crippen LogP contribution is 2.10. The molecule has 0 spiro atoms. The Hall–Kier alpha value is -1.16. The van der Waals surface area contributed by atoms with E-state index in [0.717, 1.165) is 0 Å². The molecule has 0 aromatic carbocycles. The zero-order valence-electron chi connectivity index (χ0n) is 6.90. The maximum absolute atomic E-state index is 5.62. The van der Waals surface area contributed by atoms with Gasteiger partial charge in [-0.15, -0.1) is 0 Å². The molecule has 0 radical (unpaired) electrons. The monoisotopic (exact) mass is 184 g/mol. The van der Waals surface area contributed by atoms with E-state index in [1.807, 2.05) is 19.0 Å². The minimum atomic E-state index is 0.399. The minimum absolute atomic E-state index is 0.399. The summed E-state index contributed by atoms with van der Waals surface area (Å²) in [5, 5.41) is 0.399. The molecule has 0 atom stereocenters. The Bertz CT molecular complexity index is 284. The summed E-state index contributed by atoms with van der Waals surface area (Å²) in [6, 6.07) is 1.60. The van der Waals surface area contributed by atoms with E-state index in [9.17, 15) is 0 Å². The summed E-state index contributed by atoms with van der Waals surface area (Å²) in [5.74, 6) is 0.559. The van der Waals surface area contributed by atoms with Crippen LogP contribution in [0.4, 0.5) is 5.82 Å². The van der Waals surface area contributed by atoms with E-state index >= 15 is 0 Å². The van der Waals surface area contributed by atoms with Crippen LogP contribution in [0.5, 0.6) is 0 Å². The van der Waals surface area contributed by atoms with Crippen LogP contribution in [0.25, 0.3) is 0 Å². The van der Waals surface area contributed by atoms with Crippen LogP contribution in [-0.4, -0.2) is 35.3 Å². The van der Waals surface area contributed by atoms with Crippen LogP contribution in [-0.2, 0) is 0 Å². The topological polar surface area (TPSA) is 41.4 Å². The van der Waals surface area contributed by atoms with Crippen molar-refractivity contribution in [3.8, 4) is 0 Å². The van der Waals surface area contributed by atoms with Gasteiger partial charge in [0.1, 0.15) is 11.5 Å². The highest BCUT2D eigenvalue weighted by molar-refractivity contribution is 6.29. The van der Waals surface area contributed by atoms with E-state index in [0.29, 0.717) is 11.0 Å². The van der Waals surface area contributed by atoms with Gasteiger partial charge in [0.25, 0.3) is 0 Å². The van der Waals surface area contributed by atoms with Crippen molar-refractivity contribution in [3.05, 3.63) is 17.5 Å². The number of nitrogens with zero attached hydrogens (tertiary/aromatic N) is 4. The highest BCUT2D eigenvalue weighted by atomic mass is 35.5. The lowest BCUT2D eigenvalue weighted by atomic mass is 10.6. The Morgan fingerprint density at radius 2 is 2.25 bits per heavy atom. The van der Waals surface area contributed by atoms with Gasteiger partial charge in [-0.1, -0.05) is 11.6 Å². The molecule has 1 rings (SSSR count). The normalized spacial score (nSPS) is 10.6. The van der Waals surface area contributed by atoms with Gasteiger partial charge >= 0.3 is 0 Å². The average Bonchev–Trinajstić information content (AvgIpc) is 2.01. The van der Waals surface area contributed by atoms with Crippen LogP contribution < -0.4 is 0 Å². The molecule has 1 aromatic heterocycles. The Morgan fingerprint density at radius 1 is 1.50 bits per heavy atom. The molecule has 5 heteroatoms. The third-order valence-electron chi connectivity index (χ3n) is 1.04. The molecule has 0 amide bonds. The SMILES string of the molecule is CN(C)/C=N/c1cc(Cl)ncn1. The van der Waals surface area contributed by atoms with Gasteiger partial charge < -0.3 is 4.90 Å². The molecule has 1 aromatic rings. The number of aliphatic imine (C=N–C) groups is 1. The smallest absolute Gasteiger partial charge is 0.158 e. The molecule has 0 saturated heterocycles. The van der Waals surface area contributed by atoms with E-state index in [2.05, 4.69) is 15.0 Å². The van der Waals surface area contributed by atoms with E-state index in [1.54, 1.807) is 12.4 Å². The zero-order chi connectivity index (χ0) is 8.97. The maximum Gasteiger partial charge on any atom is 0.158 e. The Labute approximate surface area is 75.9 Å². The summed E-state index contributed by atoms with van der Waals surface area (Å²) in [4.78, 5) is 13.5. The first-order chi connectivity index (χ1) is 5.68. The summed E-state index contributed by atoms with van der Waals surface area (Å²) in [7, 11) is 3.76. The van der Waals surface area contributed by atoms with Crippen LogP contribution in [0.3, 0.4) is 0 Å². The molecule has 4 nitrogen and oxygen atoms in total. The molecular formula is C7H9ClN4. The van der Waals surface area contributed by atoms with Gasteiger partial charge in [0.05, 0.1) is 6.34 Å². The van der Waals surface area contributed by atoms with Crippen LogP contribution in [0.1, 0.15) is 0 Å².